The van der Waals surface area contributed by atoms with Crippen molar-refractivity contribution in [1.82, 2.24) is 5.43 Å². The Labute approximate surface area is 140 Å². The number of nitrogens with one attached hydrogen (secondary N) is 1. The van der Waals surface area contributed by atoms with Crippen molar-refractivity contribution in [3.8, 4) is 17.2 Å². The number of carbonyl (C=O) groups excluding carboxylic acids is 1. The minimum Gasteiger partial charge on any atom is -0.507 e. The number of hydrogen-bond donors (Lipinski definition) is 2. The number of nitrogens with zero attached hydrogens (tertiary/aromatic N) is 1. The van der Waals surface area contributed by atoms with Gasteiger partial charge >= 0.3 is 0 Å². The van der Waals surface area contributed by atoms with Gasteiger partial charge in [-0.25, -0.2) is 5.43 Å². The third-order valence-electron chi connectivity index (χ3n) is 3.51. The summed E-state index contributed by atoms with van der Waals surface area (Å²) in [5.41, 5.74) is 4.85. The molecule has 0 saturated heterocycles. The zero-order valence-electron chi connectivity index (χ0n) is 14.1. The van der Waals surface area contributed by atoms with E-state index in [1.165, 1.54) is 20.3 Å². The van der Waals surface area contributed by atoms with Crippen LogP contribution in [-0.2, 0) is 0 Å². The molecule has 6 nitrogen and oxygen atoms in total. The quantitative estimate of drug-likeness (QED) is 0.653. The summed E-state index contributed by atoms with van der Waals surface area (Å²) in [6.45, 7) is 3.61. The molecule has 1 amide bonds. The fourth-order valence-corrected chi connectivity index (χ4v) is 2.18. The summed E-state index contributed by atoms with van der Waals surface area (Å²) < 4.78 is 10.3. The van der Waals surface area contributed by atoms with Crippen LogP contribution in [0.15, 0.2) is 41.5 Å². The number of aryl methyl sites for hydroxylation is 1. The maximum Gasteiger partial charge on any atom is 0.271 e. The molecular weight excluding hydrogens is 308 g/mol. The van der Waals surface area contributed by atoms with Crippen LogP contribution in [0.3, 0.4) is 0 Å². The number of phenols is 1. The second-order valence-corrected chi connectivity index (χ2v) is 5.23. The van der Waals surface area contributed by atoms with Gasteiger partial charge in [-0.2, -0.15) is 5.10 Å². The molecule has 0 unspecified atom stereocenters. The molecule has 0 aromatic heterocycles. The van der Waals surface area contributed by atoms with Crippen molar-refractivity contribution in [3.05, 3.63) is 53.1 Å². The second-order valence-electron chi connectivity index (χ2n) is 5.23. The van der Waals surface area contributed by atoms with Gasteiger partial charge in [-0.3, -0.25) is 4.79 Å². The molecule has 0 radical (unpaired) electrons. The molecule has 24 heavy (non-hydrogen) atoms. The number of benzene rings is 2. The summed E-state index contributed by atoms with van der Waals surface area (Å²) in [6, 6.07) is 10.2. The van der Waals surface area contributed by atoms with E-state index in [1.807, 2.05) is 19.1 Å². The summed E-state index contributed by atoms with van der Waals surface area (Å²) in [7, 11) is 2.98. The summed E-state index contributed by atoms with van der Waals surface area (Å²) >= 11 is 0. The standard InChI is InChI=1S/C18H20N2O4/c1-11-5-7-13(8-6-11)18(22)20-19-12(2)17-15(21)9-14(23-3)10-16(17)24-4/h5-10,21H,1-4H3,(H,20,22)/b19-12+. The minimum absolute atomic E-state index is 0.0444. The fraction of sp³-hybridized carbons (Fsp3) is 0.222. The molecule has 0 aliphatic carbocycles. The van der Waals surface area contributed by atoms with Crippen LogP contribution in [0.2, 0.25) is 0 Å². The summed E-state index contributed by atoms with van der Waals surface area (Å²) in [5.74, 6) is 0.487. The molecule has 0 aliphatic rings. The number of hydrazone groups is 1. The molecule has 0 bridgehead atoms. The van der Waals surface area contributed by atoms with Crippen molar-refractivity contribution < 1.29 is 19.4 Å². The lowest BCUT2D eigenvalue weighted by atomic mass is 10.1. The predicted molar refractivity (Wildman–Crippen MR) is 92.1 cm³/mol. The van der Waals surface area contributed by atoms with Crippen LogP contribution < -0.4 is 14.9 Å². The highest BCUT2D eigenvalue weighted by Crippen LogP contribution is 2.33. The van der Waals surface area contributed by atoms with Crippen LogP contribution in [0, 0.1) is 6.92 Å². The molecule has 0 aliphatic heterocycles. The molecule has 0 atom stereocenters. The number of phenolic OH excluding ortho intramolecular Hbond substituents is 1. The van der Waals surface area contributed by atoms with Crippen molar-refractivity contribution in [2.75, 3.05) is 14.2 Å². The van der Waals surface area contributed by atoms with Gasteiger partial charge < -0.3 is 14.6 Å². The molecule has 6 heteroatoms. The first-order chi connectivity index (χ1) is 11.5. The molecule has 0 spiro atoms. The molecule has 0 heterocycles. The van der Waals surface area contributed by atoms with E-state index >= 15 is 0 Å². The second kappa shape index (κ2) is 7.50. The topological polar surface area (TPSA) is 80.2 Å². The van der Waals surface area contributed by atoms with Crippen LogP contribution in [0.5, 0.6) is 17.2 Å². The van der Waals surface area contributed by atoms with Crippen molar-refractivity contribution in [2.45, 2.75) is 13.8 Å². The SMILES string of the molecule is COc1cc(O)c(/C(C)=N/NC(=O)c2ccc(C)cc2)c(OC)c1. The Balaban J connectivity index is 2.24. The van der Waals surface area contributed by atoms with Gasteiger partial charge in [-0.05, 0) is 26.0 Å². The first-order valence-corrected chi connectivity index (χ1v) is 7.33. The van der Waals surface area contributed by atoms with Crippen LogP contribution >= 0.6 is 0 Å². The fourth-order valence-electron chi connectivity index (χ4n) is 2.18. The third kappa shape index (κ3) is 3.84. The number of rotatable bonds is 5. The monoisotopic (exact) mass is 328 g/mol. The first kappa shape index (κ1) is 17.3. The van der Waals surface area contributed by atoms with Gasteiger partial charge in [0, 0.05) is 17.7 Å². The zero-order valence-corrected chi connectivity index (χ0v) is 14.1. The third-order valence-corrected chi connectivity index (χ3v) is 3.51. The number of carbonyl (C=O) groups is 1. The van der Waals surface area contributed by atoms with Crippen molar-refractivity contribution in [3.63, 3.8) is 0 Å². The van der Waals surface area contributed by atoms with E-state index in [0.717, 1.165) is 5.56 Å². The molecular formula is C18H20N2O4. The zero-order chi connectivity index (χ0) is 17.7. The minimum atomic E-state index is -0.332. The number of methoxy groups -OCH3 is 2. The van der Waals surface area contributed by atoms with Gasteiger partial charge in [0.05, 0.1) is 25.5 Å². The molecule has 126 valence electrons. The summed E-state index contributed by atoms with van der Waals surface area (Å²) in [4.78, 5) is 12.1. The van der Waals surface area contributed by atoms with E-state index in [-0.39, 0.29) is 11.7 Å². The van der Waals surface area contributed by atoms with E-state index in [1.54, 1.807) is 25.1 Å². The van der Waals surface area contributed by atoms with Crippen molar-refractivity contribution in [2.24, 2.45) is 5.10 Å². The van der Waals surface area contributed by atoms with E-state index in [9.17, 15) is 9.90 Å². The number of ether oxygens (including phenoxy) is 2. The first-order valence-electron chi connectivity index (χ1n) is 7.33. The van der Waals surface area contributed by atoms with Gasteiger partial charge in [0.1, 0.15) is 17.2 Å². The summed E-state index contributed by atoms with van der Waals surface area (Å²) in [5, 5.41) is 14.2. The Morgan fingerprint density at radius 3 is 2.38 bits per heavy atom. The normalized spacial score (nSPS) is 11.1. The Kier molecular flexibility index (Phi) is 5.42. The van der Waals surface area contributed by atoms with Gasteiger partial charge in [0.2, 0.25) is 0 Å². The van der Waals surface area contributed by atoms with Crippen LogP contribution in [-0.4, -0.2) is 30.9 Å². The van der Waals surface area contributed by atoms with E-state index < -0.39 is 0 Å². The molecule has 2 rings (SSSR count). The Hall–Kier alpha value is -3.02. The van der Waals surface area contributed by atoms with Crippen molar-refractivity contribution >= 4 is 11.6 Å². The highest BCUT2D eigenvalue weighted by atomic mass is 16.5. The Bertz CT molecular complexity index is 767. The van der Waals surface area contributed by atoms with Gasteiger partial charge in [0.25, 0.3) is 5.91 Å². The maximum atomic E-state index is 12.1. The van der Waals surface area contributed by atoms with E-state index in [4.69, 9.17) is 9.47 Å². The van der Waals surface area contributed by atoms with E-state index in [2.05, 4.69) is 10.5 Å². The Morgan fingerprint density at radius 2 is 1.79 bits per heavy atom. The molecule has 0 fully saturated rings. The predicted octanol–water partition coefficient (Wildman–Crippen LogP) is 2.87. The average Bonchev–Trinajstić information content (AvgIpc) is 2.59. The number of aromatic hydroxyl groups is 1. The number of hydrogen-bond acceptors (Lipinski definition) is 5. The van der Waals surface area contributed by atoms with Crippen LogP contribution in [0.1, 0.15) is 28.4 Å². The lowest BCUT2D eigenvalue weighted by Crippen LogP contribution is -2.19. The molecule has 2 N–H and O–H groups in total. The van der Waals surface area contributed by atoms with E-state index in [0.29, 0.717) is 28.3 Å². The van der Waals surface area contributed by atoms with Crippen LogP contribution in [0.4, 0.5) is 0 Å². The Morgan fingerprint density at radius 1 is 1.12 bits per heavy atom. The smallest absolute Gasteiger partial charge is 0.271 e. The van der Waals surface area contributed by atoms with Gasteiger partial charge in [-0.15, -0.1) is 0 Å². The van der Waals surface area contributed by atoms with Gasteiger partial charge in [0.15, 0.2) is 0 Å². The van der Waals surface area contributed by atoms with Gasteiger partial charge in [-0.1, -0.05) is 17.7 Å². The molecule has 2 aromatic rings. The van der Waals surface area contributed by atoms with Crippen LogP contribution in [0.25, 0.3) is 0 Å². The lowest BCUT2D eigenvalue weighted by Gasteiger charge is -2.12. The molecule has 2 aromatic carbocycles. The van der Waals surface area contributed by atoms with Crippen molar-refractivity contribution in [1.29, 1.82) is 0 Å². The highest BCUT2D eigenvalue weighted by Gasteiger charge is 2.15. The molecule has 0 saturated carbocycles. The maximum absolute atomic E-state index is 12.1. The highest BCUT2D eigenvalue weighted by molar-refractivity contribution is 6.05. The summed E-state index contributed by atoms with van der Waals surface area (Å²) in [6.07, 6.45) is 0. The average molecular weight is 328 g/mol. The lowest BCUT2D eigenvalue weighted by molar-refractivity contribution is 0.0955. The number of amides is 1. The largest absolute Gasteiger partial charge is 0.507 e.